The highest BCUT2D eigenvalue weighted by atomic mass is 16.8. The molecule has 1 unspecified atom stereocenters. The molecule has 3 rings (SSSR count). The van der Waals surface area contributed by atoms with Gasteiger partial charge in [-0.2, -0.15) is 0 Å². The number of rotatable bonds is 8. The average molecular weight is 545 g/mol. The van der Waals surface area contributed by atoms with Gasteiger partial charge in [-0.05, 0) is 0 Å². The van der Waals surface area contributed by atoms with E-state index in [2.05, 4.69) is 5.32 Å². The summed E-state index contributed by atoms with van der Waals surface area (Å²) in [5.41, 5.74) is 0. The van der Waals surface area contributed by atoms with Crippen LogP contribution in [0.1, 0.15) is 6.92 Å². The topological polar surface area (TPSA) is 278 Å². The summed E-state index contributed by atoms with van der Waals surface area (Å²) in [6, 6.07) is -1.41. The van der Waals surface area contributed by atoms with E-state index in [1.165, 1.54) is 0 Å². The Morgan fingerprint density at radius 3 is 1.81 bits per heavy atom. The molecule has 0 saturated carbocycles. The maximum atomic E-state index is 11.7. The molecule has 3 aliphatic rings. The van der Waals surface area contributed by atoms with E-state index in [-0.39, 0.29) is 0 Å². The monoisotopic (exact) mass is 545 g/mol. The molecule has 37 heavy (non-hydrogen) atoms. The van der Waals surface area contributed by atoms with Crippen molar-refractivity contribution >= 4 is 5.91 Å². The minimum Gasteiger partial charge on any atom is -0.394 e. The Morgan fingerprint density at radius 1 is 0.703 bits per heavy atom. The van der Waals surface area contributed by atoms with E-state index in [1.807, 2.05) is 0 Å². The normalized spacial score (nSPS) is 49.0. The first-order valence-electron chi connectivity index (χ1n) is 11.6. The van der Waals surface area contributed by atoms with Crippen molar-refractivity contribution < 1.29 is 79.5 Å². The van der Waals surface area contributed by atoms with E-state index in [4.69, 9.17) is 23.7 Å². The van der Waals surface area contributed by atoms with Crippen LogP contribution in [0, 0.1) is 0 Å². The number of carbonyl (C=O) groups excluding carboxylic acids is 1. The molecule has 0 aromatic carbocycles. The minimum atomic E-state index is -1.86. The summed E-state index contributed by atoms with van der Waals surface area (Å²) in [4.78, 5) is 11.7. The van der Waals surface area contributed by atoms with Gasteiger partial charge in [0.05, 0.1) is 19.8 Å². The van der Waals surface area contributed by atoms with Gasteiger partial charge in [-0.25, -0.2) is 0 Å². The summed E-state index contributed by atoms with van der Waals surface area (Å²) in [5, 5.41) is 102. The lowest BCUT2D eigenvalue weighted by atomic mass is 9.95. The lowest BCUT2D eigenvalue weighted by molar-refractivity contribution is -0.362. The third kappa shape index (κ3) is 6.55. The fraction of sp³-hybridized carbons (Fsp3) is 0.950. The summed E-state index contributed by atoms with van der Waals surface area (Å²) in [6.45, 7) is -1.02. The van der Waals surface area contributed by atoms with E-state index in [1.54, 1.807) is 0 Å². The van der Waals surface area contributed by atoms with Crippen molar-refractivity contribution in [2.24, 2.45) is 0 Å². The molecule has 0 bridgehead atoms. The molecular formula is C20H35NO16. The number of hydrogen-bond donors (Lipinski definition) is 11. The molecule has 1 amide bonds. The summed E-state index contributed by atoms with van der Waals surface area (Å²) < 4.78 is 27.2. The fourth-order valence-electron chi connectivity index (χ4n) is 4.34. The number of carbonyl (C=O) groups is 1. The molecule has 0 spiro atoms. The molecule has 11 N–H and O–H groups in total. The van der Waals surface area contributed by atoms with Crippen LogP contribution >= 0.6 is 0 Å². The molecule has 17 heteroatoms. The molecule has 0 radical (unpaired) electrons. The molecule has 0 aromatic rings. The van der Waals surface area contributed by atoms with Crippen molar-refractivity contribution in [3.05, 3.63) is 0 Å². The molecule has 3 fully saturated rings. The van der Waals surface area contributed by atoms with E-state index >= 15 is 0 Å². The van der Waals surface area contributed by atoms with Crippen molar-refractivity contribution in [1.29, 1.82) is 0 Å². The van der Waals surface area contributed by atoms with Gasteiger partial charge >= 0.3 is 0 Å². The first kappa shape index (κ1) is 30.4. The molecule has 3 heterocycles. The van der Waals surface area contributed by atoms with Gasteiger partial charge in [-0.1, -0.05) is 0 Å². The summed E-state index contributed by atoms with van der Waals surface area (Å²) in [5.74, 6) is -0.646. The Balaban J connectivity index is 1.80. The van der Waals surface area contributed by atoms with Gasteiger partial charge in [0.2, 0.25) is 5.91 Å². The minimum absolute atomic E-state index is 0.616. The van der Waals surface area contributed by atoms with E-state index in [0.717, 1.165) is 6.92 Å². The Labute approximate surface area is 210 Å². The smallest absolute Gasteiger partial charge is 0.217 e. The Kier molecular flexibility index (Phi) is 10.5. The van der Waals surface area contributed by atoms with Crippen LogP contribution in [0.3, 0.4) is 0 Å². The molecular weight excluding hydrogens is 510 g/mol. The van der Waals surface area contributed by atoms with Gasteiger partial charge in [0, 0.05) is 6.92 Å². The number of aliphatic hydroxyl groups is 10. The highest BCUT2D eigenvalue weighted by molar-refractivity contribution is 5.73. The molecule has 216 valence electrons. The van der Waals surface area contributed by atoms with Crippen LogP contribution in [-0.4, -0.2) is 169 Å². The Morgan fingerprint density at radius 2 is 1.24 bits per heavy atom. The predicted octanol–water partition coefficient (Wildman–Crippen LogP) is -7.43. The summed E-state index contributed by atoms with van der Waals surface area (Å²) in [7, 11) is 0. The average Bonchev–Trinajstić information content (AvgIpc) is 2.86. The molecule has 15 atom stereocenters. The fourth-order valence-corrected chi connectivity index (χ4v) is 4.34. The quantitative estimate of drug-likeness (QED) is 0.135. The van der Waals surface area contributed by atoms with Crippen LogP contribution in [0.15, 0.2) is 0 Å². The Bertz CT molecular complexity index is 747. The maximum Gasteiger partial charge on any atom is 0.217 e. The third-order valence-corrected chi connectivity index (χ3v) is 6.48. The molecule has 17 nitrogen and oxygen atoms in total. The van der Waals surface area contributed by atoms with Gasteiger partial charge in [-0.15, -0.1) is 0 Å². The maximum absolute atomic E-state index is 11.7. The number of aliphatic hydroxyl groups excluding tert-OH is 10. The zero-order valence-electron chi connectivity index (χ0n) is 19.7. The number of amides is 1. The van der Waals surface area contributed by atoms with Crippen molar-refractivity contribution in [1.82, 2.24) is 5.32 Å². The lowest BCUT2D eigenvalue weighted by Crippen LogP contribution is -2.67. The van der Waals surface area contributed by atoms with E-state index < -0.39 is 118 Å². The van der Waals surface area contributed by atoms with Gasteiger partial charge in [0.25, 0.3) is 0 Å². The third-order valence-electron chi connectivity index (χ3n) is 6.48. The van der Waals surface area contributed by atoms with Crippen LogP contribution in [-0.2, 0) is 28.5 Å². The van der Waals surface area contributed by atoms with E-state index in [9.17, 15) is 55.9 Å². The number of nitrogens with one attached hydrogen (secondary N) is 1. The van der Waals surface area contributed by atoms with Gasteiger partial charge in [0.1, 0.15) is 73.2 Å². The molecule has 3 aliphatic heterocycles. The van der Waals surface area contributed by atoms with Crippen LogP contribution in [0.25, 0.3) is 0 Å². The second-order valence-electron chi connectivity index (χ2n) is 9.11. The molecule has 3 saturated heterocycles. The second kappa shape index (κ2) is 12.8. The second-order valence-corrected chi connectivity index (χ2v) is 9.11. The summed E-state index contributed by atoms with van der Waals surface area (Å²) >= 11 is 0. The SMILES string of the molecule is CC(=O)N[C@H]1[C@H](O[C@@H]2[C@@H](OC[C@H]3OC(O)[C@H](O)[C@@H](O)[C@@H]3O)O[C@H](CO)[C@@H](O)[C@@H]2O)O[C@H](CO)[C@H](O)[C@@H]1O. The van der Waals surface area contributed by atoms with Crippen molar-refractivity contribution in [2.45, 2.75) is 99.0 Å². The summed E-state index contributed by atoms with van der Waals surface area (Å²) in [6.07, 6.45) is -23.0. The Hall–Kier alpha value is -1.13. The van der Waals surface area contributed by atoms with Gasteiger partial charge < -0.3 is 80.1 Å². The van der Waals surface area contributed by atoms with Crippen molar-refractivity contribution in [3.63, 3.8) is 0 Å². The zero-order valence-corrected chi connectivity index (χ0v) is 19.7. The number of hydrogen-bond acceptors (Lipinski definition) is 16. The van der Waals surface area contributed by atoms with Crippen molar-refractivity contribution in [2.75, 3.05) is 19.8 Å². The van der Waals surface area contributed by atoms with Gasteiger partial charge in [-0.3, -0.25) is 4.79 Å². The zero-order chi connectivity index (χ0) is 27.6. The highest BCUT2D eigenvalue weighted by Gasteiger charge is 2.52. The largest absolute Gasteiger partial charge is 0.394 e. The van der Waals surface area contributed by atoms with Crippen LogP contribution in [0.5, 0.6) is 0 Å². The number of ether oxygens (including phenoxy) is 5. The molecule has 0 aliphatic carbocycles. The molecule has 0 aromatic heterocycles. The van der Waals surface area contributed by atoms with Gasteiger partial charge in [0.15, 0.2) is 18.9 Å². The first-order valence-corrected chi connectivity index (χ1v) is 11.6. The predicted molar refractivity (Wildman–Crippen MR) is 113 cm³/mol. The highest BCUT2D eigenvalue weighted by Crippen LogP contribution is 2.30. The standard InChI is InChI=1S/C20H35NO16/c1-5(24)21-9-13(28)10(25)6(2-22)35-19(9)37-17-15(30)11(26)7(3-23)36-20(17)33-4-8-12(27)14(29)16(31)18(32)34-8/h6-20,22-23,25-32H,2-4H2,1H3,(H,21,24)/t6-,7-,8-,9-,10+,11-,12-,13-,14+,15+,16-,17+,18?,19+,20+/m1/s1. The van der Waals surface area contributed by atoms with Crippen LogP contribution in [0.4, 0.5) is 0 Å². The van der Waals surface area contributed by atoms with Crippen LogP contribution in [0.2, 0.25) is 0 Å². The first-order chi connectivity index (χ1) is 17.4. The van der Waals surface area contributed by atoms with E-state index in [0.29, 0.717) is 0 Å². The van der Waals surface area contributed by atoms with Crippen molar-refractivity contribution in [3.8, 4) is 0 Å². The van der Waals surface area contributed by atoms with Crippen LogP contribution < -0.4 is 5.32 Å². The lowest BCUT2D eigenvalue weighted by Gasteiger charge is -2.47.